The Morgan fingerprint density at radius 1 is 1.24 bits per heavy atom. The highest BCUT2D eigenvalue weighted by Crippen LogP contribution is 2.17. The Bertz CT molecular complexity index is 883. The molecule has 2 heterocycles. The number of rotatable bonds is 7. The molecule has 2 rings (SSSR count). The van der Waals surface area contributed by atoms with Crippen LogP contribution in [0.15, 0.2) is 6.07 Å². The standard InChI is InChI=1S/C21H33N5O3/c1-8-25(20(28)29-21(5,6)7)12-11-22-19(27)10-9-17-15(3)23-18-13-14(2)24-26(18)16(17)4/h13H,8-12H2,1-7H3,(H,22,27). The van der Waals surface area contributed by atoms with E-state index in [0.29, 0.717) is 32.5 Å². The molecule has 0 bridgehead atoms. The van der Waals surface area contributed by atoms with Gasteiger partial charge < -0.3 is 15.0 Å². The zero-order valence-electron chi connectivity index (χ0n) is 18.6. The van der Waals surface area contributed by atoms with Crippen LogP contribution in [0.5, 0.6) is 0 Å². The smallest absolute Gasteiger partial charge is 0.410 e. The van der Waals surface area contributed by atoms with E-state index in [9.17, 15) is 9.59 Å². The lowest BCUT2D eigenvalue weighted by molar-refractivity contribution is -0.121. The van der Waals surface area contributed by atoms with Gasteiger partial charge in [0.15, 0.2) is 5.65 Å². The fourth-order valence-electron chi connectivity index (χ4n) is 3.17. The molecule has 0 aromatic carbocycles. The predicted molar refractivity (Wildman–Crippen MR) is 112 cm³/mol. The highest BCUT2D eigenvalue weighted by Gasteiger charge is 2.21. The van der Waals surface area contributed by atoms with Crippen molar-refractivity contribution in [2.24, 2.45) is 0 Å². The van der Waals surface area contributed by atoms with Gasteiger partial charge in [0.2, 0.25) is 5.91 Å². The van der Waals surface area contributed by atoms with E-state index in [4.69, 9.17) is 4.74 Å². The molecule has 8 nitrogen and oxygen atoms in total. The summed E-state index contributed by atoms with van der Waals surface area (Å²) in [4.78, 5) is 30.6. The first-order valence-electron chi connectivity index (χ1n) is 10.1. The first-order valence-corrected chi connectivity index (χ1v) is 10.1. The van der Waals surface area contributed by atoms with Crippen LogP contribution in [-0.2, 0) is 16.0 Å². The van der Waals surface area contributed by atoms with E-state index in [1.54, 1.807) is 4.90 Å². The van der Waals surface area contributed by atoms with Gasteiger partial charge in [-0.2, -0.15) is 5.10 Å². The molecule has 0 radical (unpaired) electrons. The number of aromatic nitrogens is 3. The van der Waals surface area contributed by atoms with Gasteiger partial charge in [-0.05, 0) is 60.5 Å². The van der Waals surface area contributed by atoms with E-state index in [-0.39, 0.29) is 12.0 Å². The van der Waals surface area contributed by atoms with Crippen LogP contribution in [0, 0.1) is 20.8 Å². The number of nitrogens with zero attached hydrogens (tertiary/aromatic N) is 4. The van der Waals surface area contributed by atoms with Crippen molar-refractivity contribution < 1.29 is 14.3 Å². The number of carbonyl (C=O) groups excluding carboxylic acids is 2. The summed E-state index contributed by atoms with van der Waals surface area (Å²) in [5, 5.41) is 7.35. The molecule has 0 spiro atoms. The van der Waals surface area contributed by atoms with Gasteiger partial charge in [0.05, 0.1) is 5.69 Å². The molecule has 8 heteroatoms. The van der Waals surface area contributed by atoms with E-state index >= 15 is 0 Å². The molecule has 0 unspecified atom stereocenters. The van der Waals surface area contributed by atoms with Crippen molar-refractivity contribution in [1.82, 2.24) is 24.8 Å². The van der Waals surface area contributed by atoms with Gasteiger partial charge in [0.25, 0.3) is 0 Å². The van der Waals surface area contributed by atoms with Gasteiger partial charge in [-0.25, -0.2) is 14.3 Å². The Morgan fingerprint density at radius 2 is 1.93 bits per heavy atom. The third kappa shape index (κ3) is 6.17. The van der Waals surface area contributed by atoms with Gasteiger partial charge in [-0.1, -0.05) is 0 Å². The lowest BCUT2D eigenvalue weighted by atomic mass is 10.1. The maximum absolute atomic E-state index is 12.3. The third-order valence-corrected chi connectivity index (χ3v) is 4.63. The van der Waals surface area contributed by atoms with Crippen molar-refractivity contribution in [3.8, 4) is 0 Å². The molecule has 2 amide bonds. The summed E-state index contributed by atoms with van der Waals surface area (Å²) in [6, 6.07) is 1.95. The molecule has 0 aliphatic rings. The van der Waals surface area contributed by atoms with Crippen LogP contribution >= 0.6 is 0 Å². The largest absolute Gasteiger partial charge is 0.444 e. The summed E-state index contributed by atoms with van der Waals surface area (Å²) in [6.07, 6.45) is 0.581. The molecule has 160 valence electrons. The molecule has 0 saturated heterocycles. The minimum absolute atomic E-state index is 0.0548. The fourth-order valence-corrected chi connectivity index (χ4v) is 3.17. The zero-order chi connectivity index (χ0) is 21.8. The highest BCUT2D eigenvalue weighted by molar-refractivity contribution is 5.76. The number of carbonyl (C=O) groups is 2. The van der Waals surface area contributed by atoms with Crippen LogP contribution in [0.2, 0.25) is 0 Å². The lowest BCUT2D eigenvalue weighted by Gasteiger charge is -2.26. The topological polar surface area (TPSA) is 88.8 Å². The third-order valence-electron chi connectivity index (χ3n) is 4.63. The van der Waals surface area contributed by atoms with Crippen LogP contribution in [0.1, 0.15) is 56.8 Å². The molecular formula is C21H33N5O3. The molecule has 29 heavy (non-hydrogen) atoms. The van der Waals surface area contributed by atoms with Crippen molar-refractivity contribution in [1.29, 1.82) is 0 Å². The first-order chi connectivity index (χ1) is 13.5. The normalized spacial score (nSPS) is 11.6. The number of nitrogens with one attached hydrogen (secondary N) is 1. The summed E-state index contributed by atoms with van der Waals surface area (Å²) >= 11 is 0. The van der Waals surface area contributed by atoms with Gasteiger partial charge in [-0.15, -0.1) is 0 Å². The van der Waals surface area contributed by atoms with Crippen LogP contribution in [-0.4, -0.2) is 56.7 Å². The lowest BCUT2D eigenvalue weighted by Crippen LogP contribution is -2.41. The first kappa shape index (κ1) is 22.6. The Morgan fingerprint density at radius 3 is 2.55 bits per heavy atom. The van der Waals surface area contributed by atoms with E-state index in [0.717, 1.165) is 28.3 Å². The Kier molecular flexibility index (Phi) is 7.21. The summed E-state index contributed by atoms with van der Waals surface area (Å²) in [6.45, 7) is 14.6. The monoisotopic (exact) mass is 403 g/mol. The van der Waals surface area contributed by atoms with Gasteiger partial charge in [-0.3, -0.25) is 4.79 Å². The minimum atomic E-state index is -0.536. The molecular weight excluding hydrogens is 370 g/mol. The predicted octanol–water partition coefficient (Wildman–Crippen LogP) is 2.96. The molecule has 0 atom stereocenters. The minimum Gasteiger partial charge on any atom is -0.444 e. The molecule has 0 aliphatic heterocycles. The average Bonchev–Trinajstić information content (AvgIpc) is 2.97. The fraction of sp³-hybridized carbons (Fsp3) is 0.619. The molecule has 0 fully saturated rings. The van der Waals surface area contributed by atoms with Gasteiger partial charge >= 0.3 is 6.09 Å². The summed E-state index contributed by atoms with van der Waals surface area (Å²) in [5.74, 6) is -0.0548. The Labute approximate surface area is 172 Å². The molecule has 0 saturated carbocycles. The van der Waals surface area contributed by atoms with E-state index < -0.39 is 5.60 Å². The Hall–Kier alpha value is -2.64. The van der Waals surface area contributed by atoms with Crippen LogP contribution in [0.25, 0.3) is 5.65 Å². The van der Waals surface area contributed by atoms with Crippen LogP contribution < -0.4 is 5.32 Å². The number of fused-ring (bicyclic) bond motifs is 1. The maximum atomic E-state index is 12.3. The van der Waals surface area contributed by atoms with Crippen molar-refractivity contribution >= 4 is 17.6 Å². The summed E-state index contributed by atoms with van der Waals surface area (Å²) < 4.78 is 7.20. The number of likely N-dealkylation sites (N-methyl/N-ethyl adjacent to an activating group) is 1. The quantitative estimate of drug-likeness (QED) is 0.768. The number of hydrogen-bond donors (Lipinski definition) is 1. The molecule has 2 aromatic rings. The van der Waals surface area contributed by atoms with Crippen molar-refractivity contribution in [3.63, 3.8) is 0 Å². The summed E-state index contributed by atoms with van der Waals surface area (Å²) in [7, 11) is 0. The van der Waals surface area contributed by atoms with E-state index in [1.807, 2.05) is 59.0 Å². The average molecular weight is 404 g/mol. The second kappa shape index (κ2) is 9.24. The number of ether oxygens (including phenoxy) is 1. The van der Waals surface area contributed by atoms with E-state index in [2.05, 4.69) is 15.4 Å². The number of aryl methyl sites for hydroxylation is 3. The Balaban J connectivity index is 1.87. The molecule has 1 N–H and O–H groups in total. The SMILES string of the molecule is CCN(CCNC(=O)CCc1c(C)nc2cc(C)nn2c1C)C(=O)OC(C)(C)C. The maximum Gasteiger partial charge on any atom is 0.410 e. The highest BCUT2D eigenvalue weighted by atomic mass is 16.6. The zero-order valence-corrected chi connectivity index (χ0v) is 18.6. The van der Waals surface area contributed by atoms with Gasteiger partial charge in [0.1, 0.15) is 5.60 Å². The molecule has 0 aliphatic carbocycles. The number of amides is 2. The van der Waals surface area contributed by atoms with Crippen LogP contribution in [0.4, 0.5) is 4.79 Å². The van der Waals surface area contributed by atoms with E-state index in [1.165, 1.54) is 0 Å². The number of hydrogen-bond acceptors (Lipinski definition) is 5. The van der Waals surface area contributed by atoms with Crippen molar-refractivity contribution in [2.45, 2.75) is 66.9 Å². The second-order valence-electron chi connectivity index (χ2n) is 8.23. The van der Waals surface area contributed by atoms with Gasteiger partial charge in [0, 0.05) is 43.5 Å². The van der Waals surface area contributed by atoms with Crippen molar-refractivity contribution in [3.05, 3.63) is 28.7 Å². The molecule has 2 aromatic heterocycles. The second-order valence-corrected chi connectivity index (χ2v) is 8.23. The van der Waals surface area contributed by atoms with Crippen molar-refractivity contribution in [2.75, 3.05) is 19.6 Å². The van der Waals surface area contributed by atoms with Crippen LogP contribution in [0.3, 0.4) is 0 Å². The summed E-state index contributed by atoms with van der Waals surface area (Å²) in [5.41, 5.74) is 4.18.